The van der Waals surface area contributed by atoms with E-state index in [9.17, 15) is 10.1 Å². The molecule has 33 heavy (non-hydrogen) atoms. The van der Waals surface area contributed by atoms with Crippen molar-refractivity contribution in [3.63, 3.8) is 0 Å². The lowest BCUT2D eigenvalue weighted by molar-refractivity contribution is -0.137. The van der Waals surface area contributed by atoms with E-state index in [0.717, 1.165) is 20.9 Å². The van der Waals surface area contributed by atoms with Gasteiger partial charge in [-0.1, -0.05) is 30.4 Å². The molecule has 1 aliphatic carbocycles. The molecule has 0 radical (unpaired) electrons. The molecule has 1 fully saturated rings. The first-order chi connectivity index (χ1) is 15.6. The first-order valence-corrected chi connectivity index (χ1v) is 11.8. The first kappa shape index (κ1) is 22.8. The van der Waals surface area contributed by atoms with Crippen molar-refractivity contribution in [3.8, 4) is 16.5 Å². The topological polar surface area (TPSA) is 106 Å². The first-order valence-electron chi connectivity index (χ1n) is 11.0. The minimum Gasteiger partial charge on any atom is -0.399 e. The van der Waals surface area contributed by atoms with Crippen molar-refractivity contribution in [1.29, 1.82) is 10.7 Å². The Bertz CT molecular complexity index is 1220. The van der Waals surface area contributed by atoms with Gasteiger partial charge in [0, 0.05) is 22.5 Å². The molecule has 1 aromatic heterocycles. The van der Waals surface area contributed by atoms with E-state index in [2.05, 4.69) is 29.6 Å². The highest BCUT2D eigenvalue weighted by atomic mass is 32.1. The molecule has 1 unspecified atom stereocenters. The van der Waals surface area contributed by atoms with Crippen LogP contribution in [0.3, 0.4) is 0 Å². The maximum Gasteiger partial charge on any atom is 0.235 e. The molecule has 4 rings (SSSR count). The number of anilines is 1. The summed E-state index contributed by atoms with van der Waals surface area (Å²) in [6.45, 7) is 5.82. The monoisotopic (exact) mass is 459 g/mol. The number of nitriles is 1. The molecule has 1 aromatic carbocycles. The number of hydrogen-bond donors (Lipinski definition) is 3. The highest BCUT2D eigenvalue weighted by Gasteiger charge is 2.51. The Morgan fingerprint density at radius 2 is 2.09 bits per heavy atom. The molecule has 2 aliphatic rings. The fraction of sp³-hybridized carbons (Fsp3) is 0.346. The minimum atomic E-state index is -0.741. The van der Waals surface area contributed by atoms with Crippen LogP contribution in [0.15, 0.2) is 60.2 Å². The number of carbonyl (C=O) groups is 1. The van der Waals surface area contributed by atoms with Crippen molar-refractivity contribution >= 4 is 28.9 Å². The third kappa shape index (κ3) is 3.96. The van der Waals surface area contributed by atoms with Gasteiger partial charge in [-0.2, -0.15) is 5.26 Å². The van der Waals surface area contributed by atoms with E-state index in [1.807, 2.05) is 57.2 Å². The Kier molecular flexibility index (Phi) is 5.67. The molecule has 0 spiro atoms. The van der Waals surface area contributed by atoms with E-state index in [1.54, 1.807) is 18.4 Å². The molecule has 6 nitrogen and oxygen atoms in total. The number of carbonyl (C=O) groups excluding carboxylic acids is 1. The molecular formula is C26H29N5OS. The number of allylic oxidation sites excluding steroid dienone is 4. The SMILES string of the molecule is CN1C(=N)N[C@](C)(c2ccc(-c3cccc(N)c3)s2)[C@@H](C2C=CC(C(C)(C)C#N)=CC2)C1=O. The largest absolute Gasteiger partial charge is 0.399 e. The second kappa shape index (κ2) is 8.20. The normalized spacial score (nSPS) is 25.4. The number of nitrogen functional groups attached to an aromatic ring is 1. The molecule has 2 heterocycles. The highest BCUT2D eigenvalue weighted by Crippen LogP contribution is 2.46. The number of thiophene rings is 1. The lowest BCUT2D eigenvalue weighted by Crippen LogP contribution is -2.65. The predicted molar refractivity (Wildman–Crippen MR) is 133 cm³/mol. The second-order valence-electron chi connectivity index (χ2n) is 9.50. The smallest absolute Gasteiger partial charge is 0.235 e. The summed E-state index contributed by atoms with van der Waals surface area (Å²) < 4.78 is 0. The van der Waals surface area contributed by atoms with Gasteiger partial charge >= 0.3 is 0 Å². The van der Waals surface area contributed by atoms with Gasteiger partial charge in [0.1, 0.15) is 0 Å². The van der Waals surface area contributed by atoms with Crippen molar-refractivity contribution < 1.29 is 4.79 Å². The number of nitrogens with one attached hydrogen (secondary N) is 2. The molecule has 0 saturated carbocycles. The summed E-state index contributed by atoms with van der Waals surface area (Å²) in [6, 6.07) is 14.2. The van der Waals surface area contributed by atoms with E-state index in [-0.39, 0.29) is 17.8 Å². The third-order valence-electron chi connectivity index (χ3n) is 6.78. The number of benzene rings is 1. The van der Waals surface area contributed by atoms with Gasteiger partial charge in [-0.15, -0.1) is 11.3 Å². The Balaban J connectivity index is 1.71. The van der Waals surface area contributed by atoms with Gasteiger partial charge in [0.25, 0.3) is 0 Å². The standard InChI is InChI=1S/C26H29N5OS/c1-25(2,15-27)18-10-8-16(9-11-18)22-23(32)31(4)24(29)30-26(22,3)21-13-12-20(33-21)17-6-5-7-19(28)14-17/h5-8,10-14,16,22H,9,28H2,1-4H3,(H2,29,30)/t16?,22-,26+/m0/s1. The maximum atomic E-state index is 13.5. The van der Waals surface area contributed by atoms with E-state index in [0.29, 0.717) is 12.1 Å². The van der Waals surface area contributed by atoms with Gasteiger partial charge in [-0.25, -0.2) is 0 Å². The summed E-state index contributed by atoms with van der Waals surface area (Å²) >= 11 is 1.61. The second-order valence-corrected chi connectivity index (χ2v) is 10.6. The summed E-state index contributed by atoms with van der Waals surface area (Å²) in [5.41, 5.74) is 7.37. The molecule has 0 bridgehead atoms. The highest BCUT2D eigenvalue weighted by molar-refractivity contribution is 7.15. The molecule has 2 aromatic rings. The molecule has 7 heteroatoms. The van der Waals surface area contributed by atoms with E-state index in [4.69, 9.17) is 11.1 Å². The van der Waals surface area contributed by atoms with Crippen molar-refractivity contribution in [3.05, 3.63) is 65.1 Å². The van der Waals surface area contributed by atoms with Crippen molar-refractivity contribution in [2.24, 2.45) is 17.3 Å². The zero-order valence-corrected chi connectivity index (χ0v) is 20.2. The zero-order chi connectivity index (χ0) is 24.0. The average Bonchev–Trinajstić information content (AvgIpc) is 3.29. The van der Waals surface area contributed by atoms with Crippen LogP contribution in [0.1, 0.15) is 32.1 Å². The van der Waals surface area contributed by atoms with Crippen molar-refractivity contribution in [1.82, 2.24) is 10.2 Å². The third-order valence-corrected chi connectivity index (χ3v) is 8.16. The minimum absolute atomic E-state index is 0.0540. The number of hydrogen-bond acceptors (Lipinski definition) is 5. The summed E-state index contributed by atoms with van der Waals surface area (Å²) in [7, 11) is 1.64. The summed E-state index contributed by atoms with van der Waals surface area (Å²) in [6.07, 6.45) is 6.79. The van der Waals surface area contributed by atoms with Crippen LogP contribution in [0.2, 0.25) is 0 Å². The van der Waals surface area contributed by atoms with Gasteiger partial charge in [0.05, 0.1) is 22.9 Å². The van der Waals surface area contributed by atoms with E-state index in [1.165, 1.54) is 4.90 Å². The fourth-order valence-electron chi connectivity index (χ4n) is 4.68. The summed E-state index contributed by atoms with van der Waals surface area (Å²) in [4.78, 5) is 17.0. The molecule has 1 aliphatic heterocycles. The Labute approximate surface area is 198 Å². The van der Waals surface area contributed by atoms with Crippen LogP contribution in [0, 0.1) is 34.0 Å². The average molecular weight is 460 g/mol. The Morgan fingerprint density at radius 1 is 1.33 bits per heavy atom. The number of rotatable bonds is 4. The molecule has 170 valence electrons. The maximum absolute atomic E-state index is 13.5. The molecule has 3 atom stereocenters. The quantitative estimate of drug-likeness (QED) is 0.567. The lowest BCUT2D eigenvalue weighted by atomic mass is 9.69. The van der Waals surface area contributed by atoms with Crippen molar-refractivity contribution in [2.75, 3.05) is 12.8 Å². The van der Waals surface area contributed by atoms with Gasteiger partial charge in [0.15, 0.2) is 5.96 Å². The van der Waals surface area contributed by atoms with E-state index < -0.39 is 16.9 Å². The van der Waals surface area contributed by atoms with Crippen LogP contribution in [0.25, 0.3) is 10.4 Å². The van der Waals surface area contributed by atoms with Crippen LogP contribution < -0.4 is 11.1 Å². The van der Waals surface area contributed by atoms with Gasteiger partial charge < -0.3 is 11.1 Å². The predicted octanol–water partition coefficient (Wildman–Crippen LogP) is 4.88. The summed E-state index contributed by atoms with van der Waals surface area (Å²) in [5, 5.41) is 21.2. The molecular weight excluding hydrogens is 430 g/mol. The molecule has 1 amide bonds. The van der Waals surface area contributed by atoms with Gasteiger partial charge in [-0.3, -0.25) is 15.1 Å². The van der Waals surface area contributed by atoms with Gasteiger partial charge in [-0.05, 0) is 68.5 Å². The number of nitrogens with zero attached hydrogens (tertiary/aromatic N) is 2. The Hall–Kier alpha value is -3.37. The van der Waals surface area contributed by atoms with Crippen LogP contribution >= 0.6 is 11.3 Å². The molecule has 4 N–H and O–H groups in total. The number of amides is 1. The Morgan fingerprint density at radius 3 is 2.73 bits per heavy atom. The van der Waals surface area contributed by atoms with Crippen LogP contribution in [0.4, 0.5) is 5.69 Å². The van der Waals surface area contributed by atoms with E-state index >= 15 is 0 Å². The summed E-state index contributed by atoms with van der Waals surface area (Å²) in [5.74, 6) is -0.435. The fourth-order valence-corrected chi connectivity index (χ4v) is 5.82. The van der Waals surface area contributed by atoms with Gasteiger partial charge in [0.2, 0.25) is 5.91 Å². The number of nitrogens with two attached hydrogens (primary N) is 1. The van der Waals surface area contributed by atoms with Crippen LogP contribution in [-0.2, 0) is 10.3 Å². The zero-order valence-electron chi connectivity index (χ0n) is 19.3. The van der Waals surface area contributed by atoms with Crippen LogP contribution in [-0.4, -0.2) is 23.8 Å². The molecule has 1 saturated heterocycles. The van der Waals surface area contributed by atoms with Crippen LogP contribution in [0.5, 0.6) is 0 Å². The number of guanidine groups is 1. The lowest BCUT2D eigenvalue weighted by Gasteiger charge is -2.47. The van der Waals surface area contributed by atoms with Crippen molar-refractivity contribution in [2.45, 2.75) is 32.7 Å².